The lowest BCUT2D eigenvalue weighted by atomic mass is 10.1. The first-order valence-electron chi connectivity index (χ1n) is 9.44. The Labute approximate surface area is 178 Å². The van der Waals surface area contributed by atoms with Gasteiger partial charge in [-0.05, 0) is 30.2 Å². The molecule has 3 aromatic rings. The molecule has 1 saturated heterocycles. The Balaban J connectivity index is 1.52. The number of morpholine rings is 1. The Morgan fingerprint density at radius 1 is 1.14 bits per heavy atom. The van der Waals surface area contributed by atoms with E-state index < -0.39 is 0 Å². The summed E-state index contributed by atoms with van der Waals surface area (Å²) in [4.78, 5) is 15.1. The molecule has 0 aliphatic carbocycles. The van der Waals surface area contributed by atoms with Crippen molar-refractivity contribution in [3.63, 3.8) is 0 Å². The van der Waals surface area contributed by atoms with Crippen LogP contribution < -0.4 is 5.32 Å². The summed E-state index contributed by atoms with van der Waals surface area (Å²) < 4.78 is 6.15. The summed E-state index contributed by atoms with van der Waals surface area (Å²) >= 11 is 2.91. The number of nitrogens with one attached hydrogen (secondary N) is 1. The monoisotopic (exact) mass is 426 g/mol. The van der Waals surface area contributed by atoms with Crippen molar-refractivity contribution in [2.45, 2.75) is 16.5 Å². The van der Waals surface area contributed by atoms with Gasteiger partial charge in [-0.15, -0.1) is 10.2 Å². The van der Waals surface area contributed by atoms with Gasteiger partial charge in [0.1, 0.15) is 5.25 Å². The number of rotatable bonds is 6. The quantitative estimate of drug-likeness (QED) is 0.594. The van der Waals surface area contributed by atoms with E-state index in [2.05, 4.69) is 21.6 Å². The topological polar surface area (TPSA) is 67.4 Å². The van der Waals surface area contributed by atoms with Gasteiger partial charge in [0.2, 0.25) is 11.0 Å². The number of benzene rings is 2. The van der Waals surface area contributed by atoms with E-state index in [-0.39, 0.29) is 11.2 Å². The first-order valence-corrected chi connectivity index (χ1v) is 11.1. The molecule has 0 unspecified atom stereocenters. The van der Waals surface area contributed by atoms with E-state index in [0.717, 1.165) is 15.6 Å². The molecule has 1 aliphatic heterocycles. The van der Waals surface area contributed by atoms with Crippen molar-refractivity contribution in [1.29, 1.82) is 0 Å². The van der Waals surface area contributed by atoms with Gasteiger partial charge >= 0.3 is 0 Å². The maximum absolute atomic E-state index is 13.2. The van der Waals surface area contributed by atoms with Gasteiger partial charge in [-0.2, -0.15) is 0 Å². The SMILES string of the molecule is Cc1cccc(Nc2nnc(S[C@@H](C(=O)N3CCOCC3)c3ccccc3)s2)c1. The van der Waals surface area contributed by atoms with Gasteiger partial charge in [0.05, 0.1) is 13.2 Å². The van der Waals surface area contributed by atoms with Crippen LogP contribution in [0.5, 0.6) is 0 Å². The Bertz CT molecular complexity index is 958. The fraction of sp³-hybridized carbons (Fsp3) is 0.286. The number of thioether (sulfide) groups is 1. The minimum atomic E-state index is -0.353. The van der Waals surface area contributed by atoms with Crippen LogP contribution in [-0.2, 0) is 9.53 Å². The van der Waals surface area contributed by atoms with Gasteiger partial charge in [-0.1, -0.05) is 65.6 Å². The van der Waals surface area contributed by atoms with Crippen LogP contribution in [0.25, 0.3) is 0 Å². The lowest BCUT2D eigenvalue weighted by molar-refractivity contribution is -0.134. The largest absolute Gasteiger partial charge is 0.378 e. The Morgan fingerprint density at radius 3 is 2.69 bits per heavy atom. The van der Waals surface area contributed by atoms with Crippen molar-refractivity contribution < 1.29 is 9.53 Å². The van der Waals surface area contributed by atoms with Crippen molar-refractivity contribution in [1.82, 2.24) is 15.1 Å². The third-order valence-electron chi connectivity index (χ3n) is 4.54. The van der Waals surface area contributed by atoms with Gasteiger partial charge in [-0.25, -0.2) is 0 Å². The number of aromatic nitrogens is 2. The van der Waals surface area contributed by atoms with Crippen molar-refractivity contribution in [2.24, 2.45) is 0 Å². The summed E-state index contributed by atoms with van der Waals surface area (Å²) in [5.41, 5.74) is 3.12. The molecule has 2 heterocycles. The Morgan fingerprint density at radius 2 is 1.93 bits per heavy atom. The van der Waals surface area contributed by atoms with Crippen LogP contribution in [0.3, 0.4) is 0 Å². The van der Waals surface area contributed by atoms with Crippen LogP contribution in [0.4, 0.5) is 10.8 Å². The molecule has 1 amide bonds. The minimum absolute atomic E-state index is 0.0906. The summed E-state index contributed by atoms with van der Waals surface area (Å²) in [6, 6.07) is 18.0. The highest BCUT2D eigenvalue weighted by atomic mass is 32.2. The maximum atomic E-state index is 13.2. The molecule has 1 N–H and O–H groups in total. The summed E-state index contributed by atoms with van der Waals surface area (Å²) in [5, 5.41) is 12.2. The second kappa shape index (κ2) is 9.39. The molecule has 1 aliphatic rings. The summed E-state index contributed by atoms with van der Waals surface area (Å²) in [6.07, 6.45) is 0. The number of carbonyl (C=O) groups is 1. The van der Waals surface area contributed by atoms with E-state index in [1.54, 1.807) is 0 Å². The van der Waals surface area contributed by atoms with Gasteiger partial charge < -0.3 is 15.0 Å². The molecule has 0 saturated carbocycles. The van der Waals surface area contributed by atoms with E-state index in [1.165, 1.54) is 28.7 Å². The van der Waals surface area contributed by atoms with Gasteiger partial charge in [0.15, 0.2) is 4.34 Å². The predicted octanol–water partition coefficient (Wildman–Crippen LogP) is 4.28. The molecule has 2 aromatic carbocycles. The number of amides is 1. The van der Waals surface area contributed by atoms with Gasteiger partial charge in [-0.3, -0.25) is 4.79 Å². The molecule has 29 heavy (non-hydrogen) atoms. The fourth-order valence-electron chi connectivity index (χ4n) is 3.09. The van der Waals surface area contributed by atoms with Crippen LogP contribution >= 0.6 is 23.1 Å². The molecule has 0 spiro atoms. The zero-order valence-corrected chi connectivity index (χ0v) is 17.7. The van der Waals surface area contributed by atoms with Crippen LogP contribution in [0.15, 0.2) is 58.9 Å². The number of hydrogen-bond donors (Lipinski definition) is 1. The zero-order chi connectivity index (χ0) is 20.1. The first-order chi connectivity index (χ1) is 14.2. The number of nitrogens with zero attached hydrogens (tertiary/aromatic N) is 3. The summed E-state index contributed by atoms with van der Waals surface area (Å²) in [7, 11) is 0. The van der Waals surface area contributed by atoms with Crippen LogP contribution in [-0.4, -0.2) is 47.3 Å². The molecule has 6 nitrogen and oxygen atoms in total. The van der Waals surface area contributed by atoms with E-state index in [0.29, 0.717) is 31.4 Å². The first kappa shape index (κ1) is 19.9. The van der Waals surface area contributed by atoms with Gasteiger partial charge in [0, 0.05) is 18.8 Å². The van der Waals surface area contributed by atoms with Crippen LogP contribution in [0, 0.1) is 6.92 Å². The molecule has 4 rings (SSSR count). The van der Waals surface area contributed by atoms with Crippen LogP contribution in [0.1, 0.15) is 16.4 Å². The highest BCUT2D eigenvalue weighted by Crippen LogP contribution is 2.39. The highest BCUT2D eigenvalue weighted by molar-refractivity contribution is 8.01. The van der Waals surface area contributed by atoms with E-state index >= 15 is 0 Å². The third-order valence-corrected chi connectivity index (χ3v) is 6.71. The second-order valence-electron chi connectivity index (χ2n) is 6.71. The number of anilines is 2. The molecule has 1 fully saturated rings. The summed E-state index contributed by atoms with van der Waals surface area (Å²) in [5.74, 6) is 0.0906. The lowest BCUT2D eigenvalue weighted by Crippen LogP contribution is -2.42. The standard InChI is InChI=1S/C21H22N4O2S2/c1-15-6-5-9-17(14-15)22-20-23-24-21(29-20)28-18(16-7-3-2-4-8-16)19(26)25-10-12-27-13-11-25/h2-9,14,18H,10-13H2,1H3,(H,22,23)/t18-/m1/s1. The maximum Gasteiger partial charge on any atom is 0.240 e. The van der Waals surface area contributed by atoms with Gasteiger partial charge in [0.25, 0.3) is 0 Å². The zero-order valence-electron chi connectivity index (χ0n) is 16.1. The Hall–Kier alpha value is -2.42. The molecule has 8 heteroatoms. The molecule has 1 aromatic heterocycles. The average molecular weight is 427 g/mol. The van der Waals surface area contributed by atoms with E-state index in [9.17, 15) is 4.79 Å². The van der Waals surface area contributed by atoms with E-state index in [1.807, 2.05) is 60.4 Å². The molecule has 1 atom stereocenters. The molecule has 150 valence electrons. The number of carbonyl (C=O) groups excluding carboxylic acids is 1. The second-order valence-corrected chi connectivity index (χ2v) is 9.04. The molecular weight excluding hydrogens is 404 g/mol. The minimum Gasteiger partial charge on any atom is -0.378 e. The van der Waals surface area contributed by atoms with Crippen molar-refractivity contribution in [3.8, 4) is 0 Å². The molecule has 0 radical (unpaired) electrons. The number of aryl methyl sites for hydroxylation is 1. The fourth-order valence-corrected chi connectivity index (χ4v) is 5.14. The van der Waals surface area contributed by atoms with Crippen molar-refractivity contribution in [3.05, 3.63) is 65.7 Å². The van der Waals surface area contributed by atoms with Crippen molar-refractivity contribution >= 4 is 39.8 Å². The third kappa shape index (κ3) is 5.14. The molecular formula is C21H22N4O2S2. The van der Waals surface area contributed by atoms with Crippen molar-refractivity contribution in [2.75, 3.05) is 31.6 Å². The highest BCUT2D eigenvalue weighted by Gasteiger charge is 2.29. The number of ether oxygens (including phenoxy) is 1. The smallest absolute Gasteiger partial charge is 0.240 e. The van der Waals surface area contributed by atoms with Crippen LogP contribution in [0.2, 0.25) is 0 Å². The average Bonchev–Trinajstić information content (AvgIpc) is 3.20. The Kier molecular flexibility index (Phi) is 6.43. The van der Waals surface area contributed by atoms with E-state index in [4.69, 9.17) is 4.74 Å². The lowest BCUT2D eigenvalue weighted by Gasteiger charge is -2.30. The predicted molar refractivity (Wildman–Crippen MR) is 117 cm³/mol. The normalized spacial score (nSPS) is 15.1. The summed E-state index contributed by atoms with van der Waals surface area (Å²) in [6.45, 7) is 4.47. The number of hydrogen-bond acceptors (Lipinski definition) is 7. The molecule has 0 bridgehead atoms.